The van der Waals surface area contributed by atoms with Gasteiger partial charge in [-0.3, -0.25) is 9.69 Å². The highest BCUT2D eigenvalue weighted by molar-refractivity contribution is 5.77. The summed E-state index contributed by atoms with van der Waals surface area (Å²) in [4.78, 5) is 13.8. The Labute approximate surface area is 109 Å². The molecule has 0 unspecified atom stereocenters. The molecule has 1 heterocycles. The molecular weight excluding hydrogens is 230 g/mol. The zero-order valence-corrected chi connectivity index (χ0v) is 11.4. The monoisotopic (exact) mass is 253 g/mol. The zero-order valence-electron chi connectivity index (χ0n) is 11.4. The SMILES string of the molecule is COCCCNC(=O)CN1CCC(C)(C#N)CC1. The van der Waals surface area contributed by atoms with E-state index >= 15 is 0 Å². The summed E-state index contributed by atoms with van der Waals surface area (Å²) in [5, 5.41) is 11.9. The number of likely N-dealkylation sites (tertiary alicyclic amines) is 1. The molecule has 0 saturated carbocycles. The molecule has 0 spiro atoms. The summed E-state index contributed by atoms with van der Waals surface area (Å²) in [6, 6.07) is 2.36. The average molecular weight is 253 g/mol. The van der Waals surface area contributed by atoms with Crippen molar-refractivity contribution in [2.45, 2.75) is 26.2 Å². The number of piperidine rings is 1. The van der Waals surface area contributed by atoms with Crippen molar-refractivity contribution in [2.24, 2.45) is 5.41 Å². The molecule has 1 fully saturated rings. The van der Waals surface area contributed by atoms with Gasteiger partial charge in [-0.2, -0.15) is 5.26 Å². The fourth-order valence-corrected chi connectivity index (χ4v) is 2.02. The molecule has 5 heteroatoms. The Balaban J connectivity index is 2.17. The van der Waals surface area contributed by atoms with Crippen molar-refractivity contribution in [2.75, 3.05) is 39.9 Å². The van der Waals surface area contributed by atoms with Crippen LogP contribution in [-0.2, 0) is 9.53 Å². The smallest absolute Gasteiger partial charge is 0.234 e. The van der Waals surface area contributed by atoms with Gasteiger partial charge in [0.25, 0.3) is 0 Å². The molecule has 1 rings (SSSR count). The Morgan fingerprint density at radius 3 is 2.72 bits per heavy atom. The zero-order chi connectivity index (χ0) is 13.4. The number of carbonyl (C=O) groups is 1. The highest BCUT2D eigenvalue weighted by atomic mass is 16.5. The van der Waals surface area contributed by atoms with E-state index in [-0.39, 0.29) is 11.3 Å². The lowest BCUT2D eigenvalue weighted by molar-refractivity contribution is -0.122. The van der Waals surface area contributed by atoms with Crippen molar-refractivity contribution in [3.8, 4) is 6.07 Å². The van der Waals surface area contributed by atoms with Crippen LogP contribution in [0.15, 0.2) is 0 Å². The van der Waals surface area contributed by atoms with E-state index in [0.29, 0.717) is 19.7 Å². The molecule has 0 radical (unpaired) electrons. The molecule has 1 amide bonds. The Bertz CT molecular complexity index is 304. The van der Waals surface area contributed by atoms with Crippen LogP contribution >= 0.6 is 0 Å². The molecule has 0 aromatic rings. The lowest BCUT2D eigenvalue weighted by atomic mass is 9.82. The van der Waals surface area contributed by atoms with Crippen LogP contribution in [0.4, 0.5) is 0 Å². The molecule has 18 heavy (non-hydrogen) atoms. The van der Waals surface area contributed by atoms with Crippen molar-refractivity contribution in [1.82, 2.24) is 10.2 Å². The Hall–Kier alpha value is -1.12. The van der Waals surface area contributed by atoms with E-state index < -0.39 is 0 Å². The molecule has 1 aliphatic heterocycles. The first-order valence-corrected chi connectivity index (χ1v) is 6.49. The largest absolute Gasteiger partial charge is 0.385 e. The van der Waals surface area contributed by atoms with Crippen molar-refractivity contribution in [3.63, 3.8) is 0 Å². The normalized spacial score (nSPS) is 19.2. The summed E-state index contributed by atoms with van der Waals surface area (Å²) in [5.74, 6) is 0.0617. The van der Waals surface area contributed by atoms with Crippen LogP contribution in [0.5, 0.6) is 0 Å². The number of rotatable bonds is 6. The predicted octanol–water partition coefficient (Wildman–Crippen LogP) is 0.765. The van der Waals surface area contributed by atoms with Gasteiger partial charge in [-0.05, 0) is 26.2 Å². The fraction of sp³-hybridized carbons (Fsp3) is 0.846. The van der Waals surface area contributed by atoms with Gasteiger partial charge in [0.2, 0.25) is 5.91 Å². The standard InChI is InChI=1S/C13H23N3O2/c1-13(11-14)4-7-16(8-5-13)10-12(17)15-6-3-9-18-2/h3-10H2,1-2H3,(H,15,17). The van der Waals surface area contributed by atoms with Crippen molar-refractivity contribution in [1.29, 1.82) is 5.26 Å². The molecule has 0 aliphatic carbocycles. The summed E-state index contributed by atoms with van der Waals surface area (Å²) in [5.41, 5.74) is -0.203. The fourth-order valence-electron chi connectivity index (χ4n) is 2.02. The van der Waals surface area contributed by atoms with E-state index in [4.69, 9.17) is 10.00 Å². The first-order valence-electron chi connectivity index (χ1n) is 6.49. The maximum Gasteiger partial charge on any atom is 0.234 e. The number of ether oxygens (including phenoxy) is 1. The van der Waals surface area contributed by atoms with Gasteiger partial charge in [0.15, 0.2) is 0 Å². The molecule has 5 nitrogen and oxygen atoms in total. The number of hydrogen-bond donors (Lipinski definition) is 1. The van der Waals surface area contributed by atoms with Gasteiger partial charge in [-0.25, -0.2) is 0 Å². The van der Waals surface area contributed by atoms with Gasteiger partial charge in [0.1, 0.15) is 0 Å². The third-order valence-corrected chi connectivity index (χ3v) is 3.44. The minimum Gasteiger partial charge on any atom is -0.385 e. The molecule has 1 N–H and O–H groups in total. The van der Waals surface area contributed by atoms with Gasteiger partial charge < -0.3 is 10.1 Å². The van der Waals surface area contributed by atoms with E-state index in [9.17, 15) is 4.79 Å². The highest BCUT2D eigenvalue weighted by Crippen LogP contribution is 2.29. The molecule has 0 bridgehead atoms. The number of methoxy groups -OCH3 is 1. The van der Waals surface area contributed by atoms with Crippen LogP contribution in [0.2, 0.25) is 0 Å². The summed E-state index contributed by atoms with van der Waals surface area (Å²) in [6.45, 7) is 5.43. The van der Waals surface area contributed by atoms with Gasteiger partial charge in [-0.1, -0.05) is 0 Å². The second kappa shape index (κ2) is 7.34. The molecule has 1 aliphatic rings. The first kappa shape index (κ1) is 14.9. The van der Waals surface area contributed by atoms with Crippen LogP contribution in [0.25, 0.3) is 0 Å². The second-order valence-corrected chi connectivity index (χ2v) is 5.14. The number of hydrogen-bond acceptors (Lipinski definition) is 4. The Morgan fingerprint density at radius 2 is 2.17 bits per heavy atom. The van der Waals surface area contributed by atoms with Gasteiger partial charge in [0.05, 0.1) is 18.0 Å². The summed E-state index contributed by atoms with van der Waals surface area (Å²) in [7, 11) is 1.65. The van der Waals surface area contributed by atoms with Crippen molar-refractivity contribution in [3.05, 3.63) is 0 Å². The first-order chi connectivity index (χ1) is 8.59. The van der Waals surface area contributed by atoms with Gasteiger partial charge >= 0.3 is 0 Å². The number of amides is 1. The van der Waals surface area contributed by atoms with Crippen LogP contribution in [0.1, 0.15) is 26.2 Å². The maximum absolute atomic E-state index is 11.6. The van der Waals surface area contributed by atoms with Crippen molar-refractivity contribution >= 4 is 5.91 Å². The van der Waals surface area contributed by atoms with Gasteiger partial charge in [0, 0.05) is 33.4 Å². The van der Waals surface area contributed by atoms with Crippen molar-refractivity contribution < 1.29 is 9.53 Å². The number of carbonyl (C=O) groups excluding carboxylic acids is 1. The topological polar surface area (TPSA) is 65.4 Å². The van der Waals surface area contributed by atoms with E-state index in [1.807, 2.05) is 6.92 Å². The predicted molar refractivity (Wildman–Crippen MR) is 68.9 cm³/mol. The van der Waals surface area contributed by atoms with Crippen LogP contribution in [0.3, 0.4) is 0 Å². The van der Waals surface area contributed by atoms with Crippen LogP contribution in [-0.4, -0.2) is 50.7 Å². The van der Waals surface area contributed by atoms with E-state index in [0.717, 1.165) is 32.4 Å². The van der Waals surface area contributed by atoms with E-state index in [1.54, 1.807) is 7.11 Å². The molecule has 0 aromatic carbocycles. The lowest BCUT2D eigenvalue weighted by Crippen LogP contribution is -2.43. The molecule has 0 aromatic heterocycles. The number of nitrogens with zero attached hydrogens (tertiary/aromatic N) is 2. The van der Waals surface area contributed by atoms with E-state index in [2.05, 4.69) is 16.3 Å². The lowest BCUT2D eigenvalue weighted by Gasteiger charge is -2.34. The third-order valence-electron chi connectivity index (χ3n) is 3.44. The van der Waals surface area contributed by atoms with E-state index in [1.165, 1.54) is 0 Å². The summed E-state index contributed by atoms with van der Waals surface area (Å²) < 4.78 is 4.92. The molecule has 0 atom stereocenters. The van der Waals surface area contributed by atoms with Crippen LogP contribution in [0, 0.1) is 16.7 Å². The summed E-state index contributed by atoms with van der Waals surface area (Å²) in [6.07, 6.45) is 2.54. The minimum absolute atomic E-state index is 0.0617. The Morgan fingerprint density at radius 1 is 1.50 bits per heavy atom. The number of nitrogens with one attached hydrogen (secondary N) is 1. The maximum atomic E-state index is 11.6. The summed E-state index contributed by atoms with van der Waals surface area (Å²) >= 11 is 0. The van der Waals surface area contributed by atoms with Crippen LogP contribution < -0.4 is 5.32 Å². The van der Waals surface area contributed by atoms with Gasteiger partial charge in [-0.15, -0.1) is 0 Å². The third kappa shape index (κ3) is 5.03. The minimum atomic E-state index is -0.203. The highest BCUT2D eigenvalue weighted by Gasteiger charge is 2.30. The Kier molecular flexibility index (Phi) is 6.10. The number of nitriles is 1. The second-order valence-electron chi connectivity index (χ2n) is 5.14. The average Bonchev–Trinajstić information content (AvgIpc) is 2.38. The molecule has 102 valence electrons. The molecule has 1 saturated heterocycles. The molecular formula is C13H23N3O2. The quantitative estimate of drug-likeness (QED) is 0.710.